The third kappa shape index (κ3) is 3.71. The van der Waals surface area contributed by atoms with Crippen LogP contribution in [0.5, 0.6) is 5.75 Å². The molecule has 1 atom stereocenters. The lowest BCUT2D eigenvalue weighted by atomic mass is 10.1. The standard InChI is InChI=1S/C19H23N3O/c1-14-4-3-11-22-17(13-21-19(14)22)12-20-15(2)5-6-16-7-9-18(23)10-8-16/h3-4,7-11,13,15,20,23H,5-6,12H2,1-2H3/t15-/m1/s1. The molecule has 0 aliphatic rings. The van der Waals surface area contributed by atoms with Crippen LogP contribution < -0.4 is 5.32 Å². The van der Waals surface area contributed by atoms with Crippen molar-refractivity contribution < 1.29 is 5.11 Å². The van der Waals surface area contributed by atoms with Crippen molar-refractivity contribution in [2.24, 2.45) is 0 Å². The van der Waals surface area contributed by atoms with Crippen molar-refractivity contribution in [3.8, 4) is 5.75 Å². The van der Waals surface area contributed by atoms with Crippen molar-refractivity contribution in [2.45, 2.75) is 39.3 Å². The Balaban J connectivity index is 1.55. The highest BCUT2D eigenvalue weighted by Crippen LogP contribution is 2.13. The first-order valence-electron chi connectivity index (χ1n) is 8.06. The Kier molecular flexibility index (Phi) is 4.63. The van der Waals surface area contributed by atoms with E-state index in [1.165, 1.54) is 16.8 Å². The fourth-order valence-electron chi connectivity index (χ4n) is 2.76. The number of fused-ring (bicyclic) bond motifs is 1. The van der Waals surface area contributed by atoms with Crippen LogP contribution in [0.2, 0.25) is 0 Å². The summed E-state index contributed by atoms with van der Waals surface area (Å²) in [6, 6.07) is 12.0. The number of nitrogens with one attached hydrogen (secondary N) is 1. The Morgan fingerprint density at radius 1 is 1.22 bits per heavy atom. The van der Waals surface area contributed by atoms with Gasteiger partial charge in [-0.25, -0.2) is 4.98 Å². The third-order valence-electron chi connectivity index (χ3n) is 4.24. The summed E-state index contributed by atoms with van der Waals surface area (Å²) in [6.45, 7) is 5.09. The van der Waals surface area contributed by atoms with Gasteiger partial charge in [0.25, 0.3) is 0 Å². The molecule has 0 amide bonds. The fraction of sp³-hybridized carbons (Fsp3) is 0.316. The number of benzene rings is 1. The van der Waals surface area contributed by atoms with E-state index in [0.717, 1.165) is 25.0 Å². The van der Waals surface area contributed by atoms with Crippen molar-refractivity contribution in [3.05, 3.63) is 65.6 Å². The molecule has 23 heavy (non-hydrogen) atoms. The van der Waals surface area contributed by atoms with Crippen LogP contribution in [0.25, 0.3) is 5.65 Å². The first-order chi connectivity index (χ1) is 11.1. The quantitative estimate of drug-likeness (QED) is 0.733. The molecule has 0 unspecified atom stereocenters. The second-order valence-corrected chi connectivity index (χ2v) is 6.12. The van der Waals surface area contributed by atoms with Crippen molar-refractivity contribution in [3.63, 3.8) is 0 Å². The van der Waals surface area contributed by atoms with Gasteiger partial charge in [-0.3, -0.25) is 0 Å². The predicted molar refractivity (Wildman–Crippen MR) is 92.7 cm³/mol. The van der Waals surface area contributed by atoms with Crippen molar-refractivity contribution >= 4 is 5.65 Å². The molecule has 0 aliphatic heterocycles. The molecule has 1 aromatic carbocycles. The van der Waals surface area contributed by atoms with E-state index >= 15 is 0 Å². The average Bonchev–Trinajstić information content (AvgIpc) is 2.97. The van der Waals surface area contributed by atoms with Crippen molar-refractivity contribution in [1.29, 1.82) is 0 Å². The summed E-state index contributed by atoms with van der Waals surface area (Å²) < 4.78 is 2.15. The summed E-state index contributed by atoms with van der Waals surface area (Å²) in [4.78, 5) is 4.50. The molecule has 0 bridgehead atoms. The molecular weight excluding hydrogens is 286 g/mol. The van der Waals surface area contributed by atoms with E-state index in [2.05, 4.69) is 46.9 Å². The SMILES string of the molecule is Cc1cccn2c(CN[C@H](C)CCc3ccc(O)cc3)cnc12. The molecule has 3 rings (SSSR count). The highest BCUT2D eigenvalue weighted by atomic mass is 16.3. The summed E-state index contributed by atoms with van der Waals surface area (Å²) in [5.74, 6) is 0.322. The fourth-order valence-corrected chi connectivity index (χ4v) is 2.76. The number of phenolic OH excluding ortho intramolecular Hbond substituents is 1. The number of rotatable bonds is 6. The molecule has 3 aromatic rings. The Bertz CT molecular complexity index is 777. The lowest BCUT2D eigenvalue weighted by Gasteiger charge is -2.14. The molecule has 0 fully saturated rings. The van der Waals surface area contributed by atoms with Crippen LogP contribution in [0, 0.1) is 6.92 Å². The Labute approximate surface area is 136 Å². The minimum absolute atomic E-state index is 0.322. The van der Waals surface area contributed by atoms with E-state index < -0.39 is 0 Å². The second kappa shape index (κ2) is 6.84. The first kappa shape index (κ1) is 15.6. The van der Waals surface area contributed by atoms with E-state index in [1.54, 1.807) is 12.1 Å². The van der Waals surface area contributed by atoms with Crippen molar-refractivity contribution in [2.75, 3.05) is 0 Å². The van der Waals surface area contributed by atoms with E-state index in [0.29, 0.717) is 11.8 Å². The number of phenols is 1. The Morgan fingerprint density at radius 3 is 2.78 bits per heavy atom. The van der Waals surface area contributed by atoms with Gasteiger partial charge >= 0.3 is 0 Å². The zero-order chi connectivity index (χ0) is 16.2. The maximum Gasteiger partial charge on any atom is 0.139 e. The van der Waals surface area contributed by atoms with Crippen LogP contribution >= 0.6 is 0 Å². The molecular formula is C19H23N3O. The summed E-state index contributed by atoms with van der Waals surface area (Å²) >= 11 is 0. The monoisotopic (exact) mass is 309 g/mol. The van der Waals surface area contributed by atoms with Gasteiger partial charge in [-0.1, -0.05) is 18.2 Å². The van der Waals surface area contributed by atoms with Gasteiger partial charge in [0.05, 0.1) is 11.9 Å². The van der Waals surface area contributed by atoms with Crippen LogP contribution in [0.3, 0.4) is 0 Å². The number of pyridine rings is 1. The number of hydrogen-bond acceptors (Lipinski definition) is 3. The van der Waals surface area contributed by atoms with E-state index in [9.17, 15) is 5.11 Å². The highest BCUT2D eigenvalue weighted by Gasteiger charge is 2.07. The predicted octanol–water partition coefficient (Wildman–Crippen LogP) is 3.46. The van der Waals surface area contributed by atoms with Crippen LogP contribution in [0.1, 0.15) is 30.2 Å². The molecule has 0 saturated carbocycles. The van der Waals surface area contributed by atoms with E-state index in [1.807, 2.05) is 18.3 Å². The van der Waals surface area contributed by atoms with Gasteiger partial charge in [0.15, 0.2) is 0 Å². The Hall–Kier alpha value is -2.33. The van der Waals surface area contributed by atoms with Gasteiger partial charge in [0, 0.05) is 18.8 Å². The van der Waals surface area contributed by atoms with Crippen LogP contribution in [-0.4, -0.2) is 20.5 Å². The smallest absolute Gasteiger partial charge is 0.139 e. The van der Waals surface area contributed by atoms with Gasteiger partial charge in [-0.15, -0.1) is 0 Å². The zero-order valence-corrected chi connectivity index (χ0v) is 13.7. The normalized spacial score (nSPS) is 12.6. The van der Waals surface area contributed by atoms with Gasteiger partial charge in [-0.05, 0) is 56.0 Å². The lowest BCUT2D eigenvalue weighted by molar-refractivity contribution is 0.474. The van der Waals surface area contributed by atoms with Crippen LogP contribution in [0.4, 0.5) is 0 Å². The first-order valence-corrected chi connectivity index (χ1v) is 8.06. The maximum atomic E-state index is 9.31. The second-order valence-electron chi connectivity index (χ2n) is 6.12. The van der Waals surface area contributed by atoms with E-state index in [4.69, 9.17) is 0 Å². The number of aromatic nitrogens is 2. The average molecular weight is 309 g/mol. The van der Waals surface area contributed by atoms with Crippen LogP contribution in [0.15, 0.2) is 48.8 Å². The Morgan fingerprint density at radius 2 is 2.00 bits per heavy atom. The minimum atomic E-state index is 0.322. The zero-order valence-electron chi connectivity index (χ0n) is 13.7. The molecule has 0 aliphatic carbocycles. The molecule has 2 heterocycles. The summed E-state index contributed by atoms with van der Waals surface area (Å²) in [7, 11) is 0. The molecule has 0 radical (unpaired) electrons. The van der Waals surface area contributed by atoms with Gasteiger partial charge in [-0.2, -0.15) is 0 Å². The van der Waals surface area contributed by atoms with E-state index in [-0.39, 0.29) is 0 Å². The lowest BCUT2D eigenvalue weighted by Crippen LogP contribution is -2.26. The molecule has 0 saturated heterocycles. The summed E-state index contributed by atoms with van der Waals surface area (Å²) in [6.07, 6.45) is 6.07. The topological polar surface area (TPSA) is 49.6 Å². The van der Waals surface area contributed by atoms with Gasteiger partial charge in [0.1, 0.15) is 11.4 Å². The molecule has 2 N–H and O–H groups in total. The summed E-state index contributed by atoms with van der Waals surface area (Å²) in [5, 5.41) is 12.9. The number of aryl methyl sites for hydroxylation is 2. The molecule has 120 valence electrons. The largest absolute Gasteiger partial charge is 0.508 e. The highest BCUT2D eigenvalue weighted by molar-refractivity contribution is 5.48. The van der Waals surface area contributed by atoms with Crippen molar-refractivity contribution in [1.82, 2.24) is 14.7 Å². The molecule has 4 nitrogen and oxygen atoms in total. The summed E-state index contributed by atoms with van der Waals surface area (Å²) in [5.41, 5.74) is 4.65. The number of imidazole rings is 1. The molecule has 2 aromatic heterocycles. The van der Waals surface area contributed by atoms with Gasteiger partial charge < -0.3 is 14.8 Å². The third-order valence-corrected chi connectivity index (χ3v) is 4.24. The maximum absolute atomic E-state index is 9.31. The number of nitrogens with zero attached hydrogens (tertiary/aromatic N) is 2. The number of hydrogen-bond donors (Lipinski definition) is 2. The minimum Gasteiger partial charge on any atom is -0.508 e. The van der Waals surface area contributed by atoms with Gasteiger partial charge in [0.2, 0.25) is 0 Å². The number of aromatic hydroxyl groups is 1. The van der Waals surface area contributed by atoms with Crippen LogP contribution in [-0.2, 0) is 13.0 Å². The molecule has 0 spiro atoms. The molecule has 4 heteroatoms.